The molecule has 0 spiro atoms. The van der Waals surface area contributed by atoms with Gasteiger partial charge in [-0.15, -0.1) is 0 Å². The first-order chi connectivity index (χ1) is 11.8. The lowest BCUT2D eigenvalue weighted by molar-refractivity contribution is 0.0774. The highest BCUT2D eigenvalue weighted by molar-refractivity contribution is 7.54. The minimum atomic E-state index is -3.64. The molecule has 0 saturated carbocycles. The van der Waals surface area contributed by atoms with Crippen molar-refractivity contribution in [3.8, 4) is 0 Å². The van der Waals surface area contributed by atoms with Crippen LogP contribution in [-0.2, 0) is 26.8 Å². The van der Waals surface area contributed by atoms with Crippen molar-refractivity contribution in [3.05, 3.63) is 71.8 Å². The first kappa shape index (κ1) is 19.8. The predicted molar refractivity (Wildman–Crippen MR) is 98.2 cm³/mol. The molecule has 2 N–H and O–H groups in total. The Balaban J connectivity index is 2.18. The molecule has 0 aromatic heterocycles. The summed E-state index contributed by atoms with van der Waals surface area (Å²) in [6.07, 6.45) is 0. The zero-order chi connectivity index (χ0) is 18.3. The van der Waals surface area contributed by atoms with Gasteiger partial charge in [-0.1, -0.05) is 81.4 Å². The van der Waals surface area contributed by atoms with E-state index in [1.165, 1.54) is 0 Å². The Hall–Kier alpha value is -1.49. The summed E-state index contributed by atoms with van der Waals surface area (Å²) in [6, 6.07) is 18.9. The zero-order valence-corrected chi connectivity index (χ0v) is 15.8. The van der Waals surface area contributed by atoms with Crippen molar-refractivity contribution >= 4 is 7.60 Å². The molecule has 0 radical (unpaired) electrons. The summed E-state index contributed by atoms with van der Waals surface area (Å²) in [4.78, 5) is 0. The van der Waals surface area contributed by atoms with Gasteiger partial charge in [-0.3, -0.25) is 4.57 Å². The molecule has 2 aromatic rings. The highest BCUT2D eigenvalue weighted by Gasteiger charge is 2.44. The van der Waals surface area contributed by atoms with Crippen LogP contribution in [0.2, 0.25) is 0 Å². The van der Waals surface area contributed by atoms with E-state index in [1.807, 2.05) is 81.4 Å². The summed E-state index contributed by atoms with van der Waals surface area (Å²) in [5.74, 6) is -0.854. The first-order valence-electron chi connectivity index (χ1n) is 8.21. The fourth-order valence-corrected chi connectivity index (χ4v) is 4.52. The van der Waals surface area contributed by atoms with Gasteiger partial charge in [-0.05, 0) is 16.5 Å². The van der Waals surface area contributed by atoms with Crippen LogP contribution in [0.25, 0.3) is 0 Å². The summed E-state index contributed by atoms with van der Waals surface area (Å²) in [7, 11) is -3.64. The van der Waals surface area contributed by atoms with Gasteiger partial charge < -0.3 is 14.3 Å². The van der Waals surface area contributed by atoms with Gasteiger partial charge in [-0.25, -0.2) is 0 Å². The third-order valence-corrected chi connectivity index (χ3v) is 6.27. The van der Waals surface area contributed by atoms with Crippen LogP contribution >= 0.6 is 7.60 Å². The molecule has 2 aromatic carbocycles. The smallest absolute Gasteiger partial charge is 0.316 e. The van der Waals surface area contributed by atoms with E-state index in [1.54, 1.807) is 0 Å². The Morgan fingerprint density at radius 2 is 1.32 bits per heavy atom. The standard InChI is InChI=1S/C19H26NO4P/c1-19(2,3)18(20-21)25(22,23-14-16-10-6-4-7-11-16)24-15-17-12-8-5-9-13-17/h4-13,18,20-21H,14-15H2,1-3H3. The fourth-order valence-electron chi connectivity index (χ4n) is 2.40. The SMILES string of the molecule is CC(C)(C)C(NO)P(=O)(OCc1ccccc1)OCc1ccccc1. The maximum absolute atomic E-state index is 13.5. The summed E-state index contributed by atoms with van der Waals surface area (Å²) in [5.41, 5.74) is 3.38. The molecular weight excluding hydrogens is 337 g/mol. The van der Waals surface area contributed by atoms with Crippen LogP contribution in [0.5, 0.6) is 0 Å². The Morgan fingerprint density at radius 3 is 1.64 bits per heavy atom. The summed E-state index contributed by atoms with van der Waals surface area (Å²) in [5, 5.41) is 9.61. The van der Waals surface area contributed by atoms with Gasteiger partial charge in [0.05, 0.1) is 13.2 Å². The molecule has 136 valence electrons. The van der Waals surface area contributed by atoms with E-state index in [4.69, 9.17) is 9.05 Å². The molecule has 0 saturated heterocycles. The van der Waals surface area contributed by atoms with Crippen molar-refractivity contribution < 1.29 is 18.8 Å². The molecular formula is C19H26NO4P. The average molecular weight is 363 g/mol. The molecule has 0 fully saturated rings. The van der Waals surface area contributed by atoms with E-state index >= 15 is 0 Å². The van der Waals surface area contributed by atoms with E-state index in [-0.39, 0.29) is 13.2 Å². The topological polar surface area (TPSA) is 67.8 Å². The highest BCUT2D eigenvalue weighted by atomic mass is 31.2. The van der Waals surface area contributed by atoms with Crippen LogP contribution in [-0.4, -0.2) is 11.0 Å². The van der Waals surface area contributed by atoms with Crippen molar-refractivity contribution in [1.29, 1.82) is 0 Å². The summed E-state index contributed by atoms with van der Waals surface area (Å²) < 4.78 is 24.9. The molecule has 1 unspecified atom stereocenters. The maximum Gasteiger partial charge on any atom is 0.350 e. The summed E-state index contributed by atoms with van der Waals surface area (Å²) >= 11 is 0. The summed E-state index contributed by atoms with van der Waals surface area (Å²) in [6.45, 7) is 5.88. The molecule has 0 bridgehead atoms. The fraction of sp³-hybridized carbons (Fsp3) is 0.368. The number of nitrogens with one attached hydrogen (secondary N) is 1. The van der Waals surface area contributed by atoms with Gasteiger partial charge in [0, 0.05) is 0 Å². The molecule has 0 aliphatic rings. The van der Waals surface area contributed by atoms with Crippen molar-refractivity contribution in [2.45, 2.75) is 39.8 Å². The lowest BCUT2D eigenvalue weighted by atomic mass is 9.97. The third-order valence-electron chi connectivity index (χ3n) is 3.77. The van der Waals surface area contributed by atoms with Crippen molar-refractivity contribution in [2.24, 2.45) is 5.41 Å². The van der Waals surface area contributed by atoms with Gasteiger partial charge in [0.1, 0.15) is 5.78 Å². The number of benzene rings is 2. The number of hydroxylamine groups is 1. The van der Waals surface area contributed by atoms with Crippen molar-refractivity contribution in [2.75, 3.05) is 0 Å². The van der Waals surface area contributed by atoms with Gasteiger partial charge in [-0.2, -0.15) is 5.48 Å². The molecule has 6 heteroatoms. The average Bonchev–Trinajstić information content (AvgIpc) is 2.60. The lowest BCUT2D eigenvalue weighted by Gasteiger charge is -2.34. The zero-order valence-electron chi connectivity index (χ0n) is 14.9. The third kappa shape index (κ3) is 5.77. The van der Waals surface area contributed by atoms with E-state index in [0.29, 0.717) is 0 Å². The number of hydrogen-bond donors (Lipinski definition) is 2. The van der Waals surface area contributed by atoms with E-state index in [2.05, 4.69) is 5.48 Å². The Kier molecular flexibility index (Phi) is 6.94. The Morgan fingerprint density at radius 1 is 0.920 bits per heavy atom. The van der Waals surface area contributed by atoms with Gasteiger partial charge in [0.15, 0.2) is 0 Å². The minimum absolute atomic E-state index is 0.140. The second-order valence-corrected chi connectivity index (χ2v) is 9.07. The van der Waals surface area contributed by atoms with Crippen molar-refractivity contribution in [3.63, 3.8) is 0 Å². The lowest BCUT2D eigenvalue weighted by Crippen LogP contribution is -2.39. The normalized spacial score (nSPS) is 13.6. The molecule has 0 amide bonds. The van der Waals surface area contributed by atoms with Gasteiger partial charge in [0.25, 0.3) is 0 Å². The van der Waals surface area contributed by atoms with Crippen LogP contribution in [0.1, 0.15) is 31.9 Å². The van der Waals surface area contributed by atoms with Crippen LogP contribution in [0.4, 0.5) is 0 Å². The largest absolute Gasteiger partial charge is 0.350 e. The van der Waals surface area contributed by atoms with Crippen LogP contribution in [0, 0.1) is 5.41 Å². The molecule has 1 atom stereocenters. The Bertz CT molecular complexity index is 638. The molecule has 0 aliphatic heterocycles. The van der Waals surface area contributed by atoms with Crippen molar-refractivity contribution in [1.82, 2.24) is 5.48 Å². The van der Waals surface area contributed by atoms with Crippen LogP contribution < -0.4 is 5.48 Å². The van der Waals surface area contributed by atoms with E-state index < -0.39 is 18.8 Å². The maximum atomic E-state index is 13.5. The molecule has 5 nitrogen and oxygen atoms in total. The second kappa shape index (κ2) is 8.75. The monoisotopic (exact) mass is 363 g/mol. The van der Waals surface area contributed by atoms with Gasteiger partial charge in [0.2, 0.25) is 0 Å². The molecule has 25 heavy (non-hydrogen) atoms. The van der Waals surface area contributed by atoms with E-state index in [0.717, 1.165) is 11.1 Å². The predicted octanol–water partition coefficient (Wildman–Crippen LogP) is 4.96. The van der Waals surface area contributed by atoms with Crippen LogP contribution in [0.3, 0.4) is 0 Å². The second-order valence-electron chi connectivity index (χ2n) is 6.96. The van der Waals surface area contributed by atoms with Crippen LogP contribution in [0.15, 0.2) is 60.7 Å². The molecule has 0 aliphatic carbocycles. The molecule has 2 rings (SSSR count). The first-order valence-corrected chi connectivity index (χ1v) is 9.82. The number of hydrogen-bond acceptors (Lipinski definition) is 5. The molecule has 0 heterocycles. The number of rotatable bonds is 8. The quantitative estimate of drug-likeness (QED) is 0.512. The minimum Gasteiger partial charge on any atom is -0.316 e. The van der Waals surface area contributed by atoms with E-state index in [9.17, 15) is 9.77 Å². The Labute approximate surface area is 149 Å². The van der Waals surface area contributed by atoms with Gasteiger partial charge >= 0.3 is 7.60 Å². The highest BCUT2D eigenvalue weighted by Crippen LogP contribution is 2.58.